The fourth-order valence-corrected chi connectivity index (χ4v) is 4.00. The summed E-state index contributed by atoms with van der Waals surface area (Å²) < 4.78 is 10.7. The van der Waals surface area contributed by atoms with Crippen LogP contribution in [0.5, 0.6) is 5.75 Å². The number of cyclic esters (lactones) is 1. The first-order chi connectivity index (χ1) is 15.6. The highest BCUT2D eigenvalue weighted by Crippen LogP contribution is 2.37. The van der Waals surface area contributed by atoms with Crippen molar-refractivity contribution < 1.29 is 29.3 Å². The Morgan fingerprint density at radius 1 is 1.06 bits per heavy atom. The van der Waals surface area contributed by atoms with Gasteiger partial charge in [0, 0.05) is 37.4 Å². The van der Waals surface area contributed by atoms with Crippen LogP contribution >= 0.6 is 0 Å². The van der Waals surface area contributed by atoms with Gasteiger partial charge in [-0.15, -0.1) is 0 Å². The third-order valence-electron chi connectivity index (χ3n) is 5.72. The second-order valence-electron chi connectivity index (χ2n) is 7.77. The van der Waals surface area contributed by atoms with Gasteiger partial charge in [0.15, 0.2) is 6.10 Å². The third kappa shape index (κ3) is 4.85. The molecule has 2 aliphatic rings. The van der Waals surface area contributed by atoms with E-state index in [0.717, 1.165) is 38.4 Å². The monoisotopic (exact) mass is 441 g/mol. The second-order valence-corrected chi connectivity index (χ2v) is 7.77. The van der Waals surface area contributed by atoms with Gasteiger partial charge in [0.05, 0.1) is 19.8 Å². The Kier molecular flexibility index (Phi) is 6.89. The van der Waals surface area contributed by atoms with Crippen molar-refractivity contribution in [1.82, 2.24) is 10.2 Å². The van der Waals surface area contributed by atoms with Crippen molar-refractivity contribution in [3.63, 3.8) is 0 Å². The van der Waals surface area contributed by atoms with Crippen LogP contribution in [0.2, 0.25) is 0 Å². The summed E-state index contributed by atoms with van der Waals surface area (Å²) in [5.74, 6) is -0.0767. The lowest BCUT2D eigenvalue weighted by molar-refractivity contribution is 0.0383. The van der Waals surface area contributed by atoms with E-state index in [-0.39, 0.29) is 18.3 Å². The number of carbonyl (C=O) groups is 2. The Labute approximate surface area is 186 Å². The summed E-state index contributed by atoms with van der Waals surface area (Å²) in [7, 11) is 0. The van der Waals surface area contributed by atoms with Gasteiger partial charge in [-0.25, -0.2) is 4.79 Å². The van der Waals surface area contributed by atoms with Crippen LogP contribution in [0, 0.1) is 0 Å². The van der Waals surface area contributed by atoms with Crippen LogP contribution in [0.3, 0.4) is 0 Å². The number of carbonyl (C=O) groups excluding carboxylic acids is 2. The van der Waals surface area contributed by atoms with E-state index in [1.54, 1.807) is 36.4 Å². The quantitative estimate of drug-likeness (QED) is 0.597. The molecule has 2 saturated heterocycles. The van der Waals surface area contributed by atoms with Gasteiger partial charge in [0.2, 0.25) is 0 Å². The van der Waals surface area contributed by atoms with Gasteiger partial charge in [-0.2, -0.15) is 0 Å². The summed E-state index contributed by atoms with van der Waals surface area (Å²) in [5.41, 5.74) is 1.76. The molecule has 32 heavy (non-hydrogen) atoms. The van der Waals surface area contributed by atoms with E-state index < -0.39 is 18.2 Å². The highest BCUT2D eigenvalue weighted by atomic mass is 16.6. The maximum absolute atomic E-state index is 12.6. The SMILES string of the molecule is O=C(NCCN1CCOCC1)c1ccc(N2C(=O)OC(CO)C2c2ccc(O)cc2)cc1. The molecular weight excluding hydrogens is 414 g/mol. The number of benzene rings is 2. The number of phenolic OH excluding ortho intramolecular Hbond substituents is 1. The minimum atomic E-state index is -0.741. The van der Waals surface area contributed by atoms with E-state index in [9.17, 15) is 19.8 Å². The van der Waals surface area contributed by atoms with Crippen molar-refractivity contribution in [3.05, 3.63) is 59.7 Å². The van der Waals surface area contributed by atoms with Crippen LogP contribution in [0.1, 0.15) is 22.0 Å². The Hall–Kier alpha value is -3.14. The zero-order valence-corrected chi connectivity index (χ0v) is 17.6. The summed E-state index contributed by atoms with van der Waals surface area (Å²) in [6.07, 6.45) is -1.32. The molecule has 0 radical (unpaired) electrons. The molecule has 0 spiro atoms. The molecule has 2 fully saturated rings. The number of hydrogen-bond acceptors (Lipinski definition) is 7. The van der Waals surface area contributed by atoms with Crippen LogP contribution in [-0.2, 0) is 9.47 Å². The number of aliphatic hydroxyl groups excluding tert-OH is 1. The van der Waals surface area contributed by atoms with Crippen LogP contribution in [0.15, 0.2) is 48.5 Å². The molecule has 9 nitrogen and oxygen atoms in total. The predicted molar refractivity (Wildman–Crippen MR) is 117 cm³/mol. The summed E-state index contributed by atoms with van der Waals surface area (Å²) in [4.78, 5) is 28.7. The molecular formula is C23H27N3O6. The lowest BCUT2D eigenvalue weighted by Gasteiger charge is -2.26. The zero-order chi connectivity index (χ0) is 22.5. The third-order valence-corrected chi connectivity index (χ3v) is 5.72. The Balaban J connectivity index is 1.43. The smallest absolute Gasteiger partial charge is 0.415 e. The first-order valence-electron chi connectivity index (χ1n) is 10.6. The minimum absolute atomic E-state index is 0.107. The molecule has 0 aliphatic carbocycles. The molecule has 3 N–H and O–H groups in total. The number of amides is 2. The van der Waals surface area contributed by atoms with E-state index in [0.29, 0.717) is 17.8 Å². The molecule has 2 aromatic rings. The summed E-state index contributed by atoms with van der Waals surface area (Å²) in [6.45, 7) is 4.15. The number of nitrogens with one attached hydrogen (secondary N) is 1. The topological polar surface area (TPSA) is 112 Å². The number of ether oxygens (including phenoxy) is 2. The van der Waals surface area contributed by atoms with Crippen LogP contribution in [0.25, 0.3) is 0 Å². The van der Waals surface area contributed by atoms with Gasteiger partial charge >= 0.3 is 6.09 Å². The molecule has 0 aromatic heterocycles. The van der Waals surface area contributed by atoms with Gasteiger partial charge in [0.1, 0.15) is 11.8 Å². The highest BCUT2D eigenvalue weighted by Gasteiger charge is 2.43. The van der Waals surface area contributed by atoms with E-state index >= 15 is 0 Å². The molecule has 0 saturated carbocycles. The molecule has 9 heteroatoms. The largest absolute Gasteiger partial charge is 0.508 e. The van der Waals surface area contributed by atoms with E-state index in [1.807, 2.05) is 0 Å². The fraction of sp³-hybridized carbons (Fsp3) is 0.391. The molecule has 2 amide bonds. The second kappa shape index (κ2) is 9.99. The molecule has 2 atom stereocenters. The van der Waals surface area contributed by atoms with Crippen molar-refractivity contribution in [2.75, 3.05) is 50.9 Å². The summed E-state index contributed by atoms with van der Waals surface area (Å²) >= 11 is 0. The Bertz CT molecular complexity index is 928. The molecule has 2 unspecified atom stereocenters. The first-order valence-corrected chi connectivity index (χ1v) is 10.6. The molecule has 4 rings (SSSR count). The molecule has 2 aliphatic heterocycles. The van der Waals surface area contributed by atoms with Crippen molar-refractivity contribution in [3.8, 4) is 5.75 Å². The lowest BCUT2D eigenvalue weighted by atomic mass is 10.00. The lowest BCUT2D eigenvalue weighted by Crippen LogP contribution is -2.41. The maximum Gasteiger partial charge on any atom is 0.415 e. The number of phenols is 1. The highest BCUT2D eigenvalue weighted by molar-refractivity contribution is 5.96. The molecule has 2 aromatic carbocycles. The number of aliphatic hydroxyl groups is 1. The number of nitrogens with zero attached hydrogens (tertiary/aromatic N) is 2. The summed E-state index contributed by atoms with van der Waals surface area (Å²) in [6, 6.07) is 12.6. The minimum Gasteiger partial charge on any atom is -0.508 e. The summed E-state index contributed by atoms with van der Waals surface area (Å²) in [5, 5.41) is 22.2. The van der Waals surface area contributed by atoms with Gasteiger partial charge in [-0.05, 0) is 42.0 Å². The first kappa shape index (κ1) is 22.1. The van der Waals surface area contributed by atoms with Gasteiger partial charge < -0.3 is 25.0 Å². The number of anilines is 1. The van der Waals surface area contributed by atoms with Crippen LogP contribution in [-0.4, -0.2) is 79.2 Å². The average molecular weight is 441 g/mol. The Morgan fingerprint density at radius 3 is 2.41 bits per heavy atom. The predicted octanol–water partition coefficient (Wildman–Crippen LogP) is 1.51. The molecule has 2 heterocycles. The number of aromatic hydroxyl groups is 1. The molecule has 0 bridgehead atoms. The van der Waals surface area contributed by atoms with Crippen LogP contribution in [0.4, 0.5) is 10.5 Å². The Morgan fingerprint density at radius 2 is 1.75 bits per heavy atom. The standard InChI is InChI=1S/C23H27N3O6/c27-15-20-21(16-3-7-19(28)8-4-16)26(23(30)32-20)18-5-1-17(2-6-18)22(29)24-9-10-25-11-13-31-14-12-25/h1-8,20-21,27-28H,9-15H2,(H,24,29). The number of rotatable bonds is 7. The van der Waals surface area contributed by atoms with Crippen LogP contribution < -0.4 is 10.2 Å². The molecule has 170 valence electrons. The van der Waals surface area contributed by atoms with E-state index in [4.69, 9.17) is 9.47 Å². The normalized spacial score (nSPS) is 21.4. The number of morpholine rings is 1. The van der Waals surface area contributed by atoms with Crippen molar-refractivity contribution in [2.45, 2.75) is 12.1 Å². The van der Waals surface area contributed by atoms with Gasteiger partial charge in [0.25, 0.3) is 5.91 Å². The maximum atomic E-state index is 12.6. The van der Waals surface area contributed by atoms with Crippen molar-refractivity contribution in [1.29, 1.82) is 0 Å². The van der Waals surface area contributed by atoms with E-state index in [2.05, 4.69) is 10.2 Å². The van der Waals surface area contributed by atoms with E-state index in [1.165, 1.54) is 17.0 Å². The van der Waals surface area contributed by atoms with Crippen molar-refractivity contribution in [2.24, 2.45) is 0 Å². The number of hydrogen-bond donors (Lipinski definition) is 3. The van der Waals surface area contributed by atoms with Crippen molar-refractivity contribution >= 4 is 17.7 Å². The zero-order valence-electron chi connectivity index (χ0n) is 17.6. The fourth-order valence-electron chi connectivity index (χ4n) is 4.00. The van der Waals surface area contributed by atoms with Gasteiger partial charge in [-0.1, -0.05) is 12.1 Å². The van der Waals surface area contributed by atoms with Gasteiger partial charge in [-0.3, -0.25) is 14.6 Å². The average Bonchev–Trinajstić information content (AvgIpc) is 3.16.